The van der Waals surface area contributed by atoms with Crippen LogP contribution in [0.1, 0.15) is 0 Å². The molecule has 6 nitrogen and oxygen atoms in total. The first-order valence-corrected chi connectivity index (χ1v) is 6.45. The Hall–Kier alpha value is -1.82. The van der Waals surface area contributed by atoms with Crippen LogP contribution in [0.5, 0.6) is 0 Å². The third-order valence-corrected chi connectivity index (χ3v) is 3.40. The van der Waals surface area contributed by atoms with Crippen molar-refractivity contribution in [3.63, 3.8) is 0 Å². The fourth-order valence-corrected chi connectivity index (χ4v) is 2.17. The lowest BCUT2D eigenvalue weighted by molar-refractivity contribution is -0.129. The van der Waals surface area contributed by atoms with E-state index < -0.39 is 0 Å². The summed E-state index contributed by atoms with van der Waals surface area (Å²) < 4.78 is 0. The highest BCUT2D eigenvalue weighted by Crippen LogP contribution is 2.22. The number of carbonyl (C=O) groups excluding carboxylic acids is 1. The molecule has 2 N–H and O–H groups in total. The molecule has 0 saturated carbocycles. The number of rotatable bonds is 3. The Bertz CT molecular complexity index is 440. The first kappa shape index (κ1) is 13.6. The SMILES string of the molecule is CN(C)C(=O)CN1CCN(c2ccncc2N)CC1. The van der Waals surface area contributed by atoms with Crippen LogP contribution in [0.2, 0.25) is 0 Å². The predicted molar refractivity (Wildman–Crippen MR) is 76.0 cm³/mol. The highest BCUT2D eigenvalue weighted by atomic mass is 16.2. The Morgan fingerprint density at radius 2 is 2.05 bits per heavy atom. The Morgan fingerprint density at radius 1 is 1.37 bits per heavy atom. The average molecular weight is 263 g/mol. The largest absolute Gasteiger partial charge is 0.396 e. The maximum absolute atomic E-state index is 11.7. The second-order valence-corrected chi connectivity index (χ2v) is 4.99. The van der Waals surface area contributed by atoms with Crippen LogP contribution in [0.3, 0.4) is 0 Å². The fraction of sp³-hybridized carbons (Fsp3) is 0.538. The molecule has 104 valence electrons. The number of likely N-dealkylation sites (N-methyl/N-ethyl adjacent to an activating group) is 1. The summed E-state index contributed by atoms with van der Waals surface area (Å²) in [4.78, 5) is 21.7. The molecule has 0 bridgehead atoms. The van der Waals surface area contributed by atoms with Gasteiger partial charge in [0.1, 0.15) is 0 Å². The van der Waals surface area contributed by atoms with E-state index in [1.807, 2.05) is 6.07 Å². The highest BCUT2D eigenvalue weighted by Gasteiger charge is 2.20. The minimum Gasteiger partial charge on any atom is -0.396 e. The number of piperazine rings is 1. The van der Waals surface area contributed by atoms with Gasteiger partial charge in [-0.05, 0) is 6.07 Å². The molecule has 6 heteroatoms. The molecule has 2 heterocycles. The van der Waals surface area contributed by atoms with Crippen LogP contribution in [0.15, 0.2) is 18.5 Å². The Balaban J connectivity index is 1.89. The number of nitrogens with zero attached hydrogens (tertiary/aromatic N) is 4. The molecule has 1 saturated heterocycles. The number of amides is 1. The molecule has 1 aromatic rings. The standard InChI is InChI=1S/C13H21N5O/c1-16(2)13(19)10-17-5-7-18(8-6-17)12-3-4-15-9-11(12)14/h3-4,9H,5-8,10,14H2,1-2H3. The Morgan fingerprint density at radius 3 is 2.63 bits per heavy atom. The van der Waals surface area contributed by atoms with Gasteiger partial charge in [0.25, 0.3) is 0 Å². The van der Waals surface area contributed by atoms with Crippen molar-refractivity contribution in [1.29, 1.82) is 0 Å². The van der Waals surface area contributed by atoms with Crippen LogP contribution < -0.4 is 10.6 Å². The van der Waals surface area contributed by atoms with E-state index >= 15 is 0 Å². The van der Waals surface area contributed by atoms with Gasteiger partial charge in [0, 0.05) is 46.5 Å². The number of pyridine rings is 1. The molecule has 1 aliphatic heterocycles. The van der Waals surface area contributed by atoms with E-state index in [1.165, 1.54) is 0 Å². The molecule has 1 aliphatic rings. The van der Waals surface area contributed by atoms with Crippen molar-refractivity contribution in [1.82, 2.24) is 14.8 Å². The third-order valence-electron chi connectivity index (χ3n) is 3.40. The van der Waals surface area contributed by atoms with Gasteiger partial charge >= 0.3 is 0 Å². The van der Waals surface area contributed by atoms with Gasteiger partial charge in [-0.3, -0.25) is 14.7 Å². The van der Waals surface area contributed by atoms with Crippen molar-refractivity contribution in [2.75, 3.05) is 57.5 Å². The lowest BCUT2D eigenvalue weighted by Crippen LogP contribution is -2.49. The van der Waals surface area contributed by atoms with Gasteiger partial charge in [0.05, 0.1) is 24.1 Å². The van der Waals surface area contributed by atoms with Gasteiger partial charge < -0.3 is 15.5 Å². The van der Waals surface area contributed by atoms with Crippen LogP contribution >= 0.6 is 0 Å². The monoisotopic (exact) mass is 263 g/mol. The highest BCUT2D eigenvalue weighted by molar-refractivity contribution is 5.77. The predicted octanol–water partition coefficient (Wildman–Crippen LogP) is -0.126. The molecule has 0 aliphatic carbocycles. The summed E-state index contributed by atoms with van der Waals surface area (Å²) in [7, 11) is 3.58. The minimum atomic E-state index is 0.150. The molecular formula is C13H21N5O. The van der Waals surface area contributed by atoms with E-state index in [1.54, 1.807) is 31.4 Å². The van der Waals surface area contributed by atoms with Gasteiger partial charge in [-0.2, -0.15) is 0 Å². The number of nitrogens with two attached hydrogens (primary N) is 1. The lowest BCUT2D eigenvalue weighted by Gasteiger charge is -2.36. The minimum absolute atomic E-state index is 0.150. The summed E-state index contributed by atoms with van der Waals surface area (Å²) in [6.45, 7) is 4.01. The molecule has 1 amide bonds. The van der Waals surface area contributed by atoms with E-state index in [0.717, 1.165) is 31.9 Å². The molecule has 1 aromatic heterocycles. The van der Waals surface area contributed by atoms with Crippen LogP contribution in [-0.4, -0.2) is 67.5 Å². The molecule has 1 fully saturated rings. The van der Waals surface area contributed by atoms with E-state index in [-0.39, 0.29) is 5.91 Å². The van der Waals surface area contributed by atoms with Crippen molar-refractivity contribution < 1.29 is 4.79 Å². The molecule has 0 aromatic carbocycles. The zero-order chi connectivity index (χ0) is 13.8. The Kier molecular flexibility index (Phi) is 4.21. The third kappa shape index (κ3) is 3.35. The fourth-order valence-electron chi connectivity index (χ4n) is 2.17. The molecular weight excluding hydrogens is 242 g/mol. The average Bonchev–Trinajstić information content (AvgIpc) is 2.40. The normalized spacial score (nSPS) is 16.4. The summed E-state index contributed by atoms with van der Waals surface area (Å²) in [5.41, 5.74) is 7.67. The smallest absolute Gasteiger partial charge is 0.236 e. The topological polar surface area (TPSA) is 65.7 Å². The van der Waals surface area contributed by atoms with Crippen LogP contribution in [0.25, 0.3) is 0 Å². The van der Waals surface area contributed by atoms with E-state index in [0.29, 0.717) is 12.2 Å². The number of hydrogen-bond donors (Lipinski definition) is 1. The van der Waals surface area contributed by atoms with Crippen molar-refractivity contribution in [3.05, 3.63) is 18.5 Å². The molecule has 0 spiro atoms. The zero-order valence-corrected chi connectivity index (χ0v) is 11.5. The van der Waals surface area contributed by atoms with E-state index in [2.05, 4.69) is 14.8 Å². The maximum atomic E-state index is 11.7. The number of hydrogen-bond acceptors (Lipinski definition) is 5. The Labute approximate surface area is 113 Å². The summed E-state index contributed by atoms with van der Waals surface area (Å²) >= 11 is 0. The number of aromatic nitrogens is 1. The number of carbonyl (C=O) groups is 1. The van der Waals surface area contributed by atoms with Gasteiger partial charge in [-0.1, -0.05) is 0 Å². The quantitative estimate of drug-likeness (QED) is 0.823. The molecule has 0 radical (unpaired) electrons. The maximum Gasteiger partial charge on any atom is 0.236 e. The van der Waals surface area contributed by atoms with Gasteiger partial charge in [-0.25, -0.2) is 0 Å². The van der Waals surface area contributed by atoms with Gasteiger partial charge in [0.2, 0.25) is 5.91 Å². The molecule has 0 atom stereocenters. The lowest BCUT2D eigenvalue weighted by atomic mass is 10.2. The summed E-state index contributed by atoms with van der Waals surface area (Å²) in [5.74, 6) is 0.150. The zero-order valence-electron chi connectivity index (χ0n) is 11.5. The first-order valence-electron chi connectivity index (χ1n) is 6.45. The number of anilines is 2. The van der Waals surface area contributed by atoms with Crippen molar-refractivity contribution >= 4 is 17.3 Å². The van der Waals surface area contributed by atoms with Crippen molar-refractivity contribution in [3.8, 4) is 0 Å². The van der Waals surface area contributed by atoms with Crippen LogP contribution in [-0.2, 0) is 4.79 Å². The van der Waals surface area contributed by atoms with Gasteiger partial charge in [0.15, 0.2) is 0 Å². The summed E-state index contributed by atoms with van der Waals surface area (Å²) in [6.07, 6.45) is 3.44. The second-order valence-electron chi connectivity index (χ2n) is 4.99. The van der Waals surface area contributed by atoms with E-state index in [9.17, 15) is 4.79 Å². The number of nitrogen functional groups attached to an aromatic ring is 1. The van der Waals surface area contributed by atoms with Crippen molar-refractivity contribution in [2.24, 2.45) is 0 Å². The molecule has 2 rings (SSSR count). The molecule has 19 heavy (non-hydrogen) atoms. The van der Waals surface area contributed by atoms with Gasteiger partial charge in [-0.15, -0.1) is 0 Å². The van der Waals surface area contributed by atoms with E-state index in [4.69, 9.17) is 5.73 Å². The summed E-state index contributed by atoms with van der Waals surface area (Å²) in [6, 6.07) is 1.94. The van der Waals surface area contributed by atoms with Crippen LogP contribution in [0, 0.1) is 0 Å². The molecule has 0 unspecified atom stereocenters. The second kappa shape index (κ2) is 5.88. The first-order chi connectivity index (χ1) is 9.08. The van der Waals surface area contributed by atoms with Crippen LogP contribution in [0.4, 0.5) is 11.4 Å². The van der Waals surface area contributed by atoms with Crippen molar-refractivity contribution in [2.45, 2.75) is 0 Å². The summed E-state index contributed by atoms with van der Waals surface area (Å²) in [5, 5.41) is 0.